The minimum absolute atomic E-state index is 0.259. The van der Waals surface area contributed by atoms with Crippen molar-refractivity contribution in [1.29, 1.82) is 0 Å². The first-order chi connectivity index (χ1) is 11.7. The molecule has 126 valence electrons. The lowest BCUT2D eigenvalue weighted by atomic mass is 9.99. The van der Waals surface area contributed by atoms with Gasteiger partial charge in [0.2, 0.25) is 11.8 Å². The van der Waals surface area contributed by atoms with E-state index < -0.39 is 5.92 Å². The van der Waals surface area contributed by atoms with Crippen LogP contribution in [0.15, 0.2) is 60.7 Å². The molecule has 4 heteroatoms. The van der Waals surface area contributed by atoms with Gasteiger partial charge in [0.1, 0.15) is 5.92 Å². The second-order valence-electron chi connectivity index (χ2n) is 5.76. The SMILES string of the molecule is CCCCCC(C(=O)Nc1ccccc1)C(=O)Nc1ccccc1. The minimum Gasteiger partial charge on any atom is -0.325 e. The molecule has 0 aliphatic heterocycles. The molecular formula is C20H24N2O2. The van der Waals surface area contributed by atoms with Gasteiger partial charge < -0.3 is 10.6 Å². The summed E-state index contributed by atoms with van der Waals surface area (Å²) in [7, 11) is 0. The summed E-state index contributed by atoms with van der Waals surface area (Å²) in [5, 5.41) is 5.67. The summed E-state index contributed by atoms with van der Waals surface area (Å²) in [5.41, 5.74) is 1.41. The molecule has 0 saturated carbocycles. The number of anilines is 2. The van der Waals surface area contributed by atoms with Gasteiger partial charge in [0.25, 0.3) is 0 Å². The Morgan fingerprint density at radius 3 is 1.67 bits per heavy atom. The molecule has 2 rings (SSSR count). The molecule has 0 unspecified atom stereocenters. The molecule has 0 heterocycles. The van der Waals surface area contributed by atoms with E-state index in [9.17, 15) is 9.59 Å². The van der Waals surface area contributed by atoms with Gasteiger partial charge >= 0.3 is 0 Å². The Morgan fingerprint density at radius 1 is 0.792 bits per heavy atom. The minimum atomic E-state index is -0.697. The van der Waals surface area contributed by atoms with Crippen molar-refractivity contribution >= 4 is 23.2 Å². The molecule has 0 spiro atoms. The van der Waals surface area contributed by atoms with Crippen LogP contribution in [0.4, 0.5) is 11.4 Å². The second-order valence-corrected chi connectivity index (χ2v) is 5.76. The lowest BCUT2D eigenvalue weighted by Crippen LogP contribution is -2.33. The fourth-order valence-corrected chi connectivity index (χ4v) is 2.48. The van der Waals surface area contributed by atoms with Crippen molar-refractivity contribution in [3.05, 3.63) is 60.7 Å². The first kappa shape index (κ1) is 17.7. The maximum Gasteiger partial charge on any atom is 0.236 e. The molecule has 0 bridgehead atoms. The number of hydrogen-bond donors (Lipinski definition) is 2. The highest BCUT2D eigenvalue weighted by Gasteiger charge is 2.26. The number of para-hydroxylation sites is 2. The van der Waals surface area contributed by atoms with Crippen LogP contribution in [0.1, 0.15) is 32.6 Å². The quantitative estimate of drug-likeness (QED) is 0.556. The summed E-state index contributed by atoms with van der Waals surface area (Å²) in [6.07, 6.45) is 3.46. The summed E-state index contributed by atoms with van der Waals surface area (Å²) >= 11 is 0. The number of carbonyl (C=O) groups excluding carboxylic acids is 2. The summed E-state index contributed by atoms with van der Waals surface area (Å²) < 4.78 is 0. The van der Waals surface area contributed by atoms with E-state index in [0.29, 0.717) is 17.8 Å². The third-order valence-electron chi connectivity index (χ3n) is 3.81. The van der Waals surface area contributed by atoms with Gasteiger partial charge in [-0.15, -0.1) is 0 Å². The fourth-order valence-electron chi connectivity index (χ4n) is 2.48. The molecule has 0 radical (unpaired) electrons. The third-order valence-corrected chi connectivity index (χ3v) is 3.81. The first-order valence-electron chi connectivity index (χ1n) is 8.42. The highest BCUT2D eigenvalue weighted by molar-refractivity contribution is 6.10. The number of carbonyl (C=O) groups is 2. The van der Waals surface area contributed by atoms with Gasteiger partial charge in [-0.05, 0) is 30.7 Å². The van der Waals surface area contributed by atoms with Crippen molar-refractivity contribution in [2.75, 3.05) is 10.6 Å². The maximum absolute atomic E-state index is 12.6. The predicted octanol–water partition coefficient (Wildman–Crippen LogP) is 4.46. The van der Waals surface area contributed by atoms with E-state index in [-0.39, 0.29) is 11.8 Å². The Hall–Kier alpha value is -2.62. The number of unbranched alkanes of at least 4 members (excludes halogenated alkanes) is 2. The molecule has 2 aromatic carbocycles. The first-order valence-corrected chi connectivity index (χ1v) is 8.42. The van der Waals surface area contributed by atoms with Gasteiger partial charge in [-0.2, -0.15) is 0 Å². The lowest BCUT2D eigenvalue weighted by Gasteiger charge is -2.17. The van der Waals surface area contributed by atoms with E-state index in [0.717, 1.165) is 19.3 Å². The third kappa shape index (κ3) is 5.54. The van der Waals surface area contributed by atoms with Crippen molar-refractivity contribution in [2.45, 2.75) is 32.6 Å². The standard InChI is InChI=1S/C20H24N2O2/c1-2-3-6-15-18(19(23)21-16-11-7-4-8-12-16)20(24)22-17-13-9-5-10-14-17/h4-5,7-14,18H,2-3,6,15H2,1H3,(H,21,23)(H,22,24). The molecule has 2 N–H and O–H groups in total. The largest absolute Gasteiger partial charge is 0.325 e. The highest BCUT2D eigenvalue weighted by atomic mass is 16.2. The molecule has 0 atom stereocenters. The molecule has 24 heavy (non-hydrogen) atoms. The zero-order valence-corrected chi connectivity index (χ0v) is 14.0. The van der Waals surface area contributed by atoms with Crippen molar-refractivity contribution in [3.8, 4) is 0 Å². The highest BCUT2D eigenvalue weighted by Crippen LogP contribution is 2.17. The predicted molar refractivity (Wildman–Crippen MR) is 97.8 cm³/mol. The number of nitrogens with one attached hydrogen (secondary N) is 2. The Bertz CT molecular complexity index is 588. The molecule has 2 amide bonds. The van der Waals surface area contributed by atoms with E-state index in [2.05, 4.69) is 17.6 Å². The van der Waals surface area contributed by atoms with E-state index in [1.807, 2.05) is 60.7 Å². The van der Waals surface area contributed by atoms with Crippen LogP contribution in [0.2, 0.25) is 0 Å². The van der Waals surface area contributed by atoms with Gasteiger partial charge in [-0.3, -0.25) is 9.59 Å². The van der Waals surface area contributed by atoms with Crippen LogP contribution in [-0.2, 0) is 9.59 Å². The summed E-state index contributed by atoms with van der Waals surface area (Å²) in [6.45, 7) is 2.10. The summed E-state index contributed by atoms with van der Waals surface area (Å²) in [5.74, 6) is -1.21. The van der Waals surface area contributed by atoms with Gasteiger partial charge in [-0.1, -0.05) is 62.6 Å². The van der Waals surface area contributed by atoms with Gasteiger partial charge in [-0.25, -0.2) is 0 Å². The monoisotopic (exact) mass is 324 g/mol. The Morgan fingerprint density at radius 2 is 1.25 bits per heavy atom. The van der Waals surface area contributed by atoms with Crippen LogP contribution in [0.5, 0.6) is 0 Å². The number of benzene rings is 2. The Balaban J connectivity index is 2.05. The van der Waals surface area contributed by atoms with Crippen molar-refractivity contribution < 1.29 is 9.59 Å². The maximum atomic E-state index is 12.6. The smallest absolute Gasteiger partial charge is 0.236 e. The van der Waals surface area contributed by atoms with E-state index in [4.69, 9.17) is 0 Å². The van der Waals surface area contributed by atoms with Gasteiger partial charge in [0.05, 0.1) is 0 Å². The topological polar surface area (TPSA) is 58.2 Å². The molecule has 0 fully saturated rings. The summed E-state index contributed by atoms with van der Waals surface area (Å²) in [6, 6.07) is 18.4. The second kappa shape index (κ2) is 9.50. The molecule has 0 aliphatic carbocycles. The van der Waals surface area contributed by atoms with Crippen LogP contribution < -0.4 is 10.6 Å². The molecule has 2 aromatic rings. The molecule has 4 nitrogen and oxygen atoms in total. The van der Waals surface area contributed by atoms with Crippen LogP contribution >= 0.6 is 0 Å². The number of rotatable bonds is 8. The van der Waals surface area contributed by atoms with Gasteiger partial charge in [0.15, 0.2) is 0 Å². The van der Waals surface area contributed by atoms with Gasteiger partial charge in [0, 0.05) is 11.4 Å². The normalized spacial score (nSPS) is 10.4. The fraction of sp³-hybridized carbons (Fsp3) is 0.300. The zero-order chi connectivity index (χ0) is 17.2. The van der Waals surface area contributed by atoms with Crippen LogP contribution in [0.25, 0.3) is 0 Å². The number of hydrogen-bond acceptors (Lipinski definition) is 2. The average molecular weight is 324 g/mol. The van der Waals surface area contributed by atoms with E-state index in [1.54, 1.807) is 0 Å². The van der Waals surface area contributed by atoms with Crippen LogP contribution in [-0.4, -0.2) is 11.8 Å². The lowest BCUT2D eigenvalue weighted by molar-refractivity contribution is -0.129. The Kier molecular flexibility index (Phi) is 7.02. The molecule has 0 saturated heterocycles. The average Bonchev–Trinajstić information content (AvgIpc) is 2.60. The zero-order valence-electron chi connectivity index (χ0n) is 14.0. The molecule has 0 aliphatic rings. The molecular weight excluding hydrogens is 300 g/mol. The van der Waals surface area contributed by atoms with Crippen molar-refractivity contribution in [2.24, 2.45) is 5.92 Å². The van der Waals surface area contributed by atoms with Crippen LogP contribution in [0, 0.1) is 5.92 Å². The Labute approximate surface area is 143 Å². The summed E-state index contributed by atoms with van der Waals surface area (Å²) in [4.78, 5) is 25.1. The van der Waals surface area contributed by atoms with E-state index >= 15 is 0 Å². The van der Waals surface area contributed by atoms with E-state index in [1.165, 1.54) is 0 Å². The molecule has 0 aromatic heterocycles. The van der Waals surface area contributed by atoms with Crippen molar-refractivity contribution in [1.82, 2.24) is 0 Å². The van der Waals surface area contributed by atoms with Crippen LogP contribution in [0.3, 0.4) is 0 Å². The number of amides is 2. The van der Waals surface area contributed by atoms with Crippen molar-refractivity contribution in [3.63, 3.8) is 0 Å².